The molecule has 1 aromatic rings. The second-order valence-corrected chi connectivity index (χ2v) is 6.02. The molecule has 0 aliphatic carbocycles. The molecule has 1 atom stereocenters. The fourth-order valence-electron chi connectivity index (χ4n) is 2.39. The number of piperazine rings is 1. The van der Waals surface area contributed by atoms with Gasteiger partial charge in [0.25, 0.3) is 0 Å². The molecule has 1 aliphatic heterocycles. The van der Waals surface area contributed by atoms with Gasteiger partial charge in [0.05, 0.1) is 0 Å². The van der Waals surface area contributed by atoms with E-state index in [2.05, 4.69) is 23.8 Å². The van der Waals surface area contributed by atoms with Crippen LogP contribution in [0.2, 0.25) is 0 Å². The van der Waals surface area contributed by atoms with Gasteiger partial charge in [0.15, 0.2) is 0 Å². The molecule has 0 aromatic carbocycles. The lowest BCUT2D eigenvalue weighted by Gasteiger charge is -2.38. The zero-order valence-electron chi connectivity index (χ0n) is 10.9. The largest absolute Gasteiger partial charge is 0.477 e. The summed E-state index contributed by atoms with van der Waals surface area (Å²) in [5.41, 5.74) is 0. The van der Waals surface area contributed by atoms with Crippen molar-refractivity contribution in [3.8, 4) is 0 Å². The molecule has 0 bridgehead atoms. The Hall–Kier alpha value is -0.910. The second-order valence-electron chi connectivity index (χ2n) is 4.85. The summed E-state index contributed by atoms with van der Waals surface area (Å²) in [5.74, 6) is -0.823. The maximum Gasteiger partial charge on any atom is 0.345 e. The Morgan fingerprint density at radius 2 is 2.28 bits per heavy atom. The van der Waals surface area contributed by atoms with Gasteiger partial charge < -0.3 is 10.0 Å². The molecule has 18 heavy (non-hydrogen) atoms. The van der Waals surface area contributed by atoms with E-state index in [9.17, 15) is 4.79 Å². The van der Waals surface area contributed by atoms with E-state index in [-0.39, 0.29) is 0 Å². The molecule has 1 N–H and O–H groups in total. The Kier molecular flexibility index (Phi) is 4.37. The van der Waals surface area contributed by atoms with E-state index in [1.54, 1.807) is 6.07 Å². The SMILES string of the molecule is CCC1CN(Cc2ccc(C(=O)O)s2)CCN1C. The maximum absolute atomic E-state index is 10.8. The molecule has 1 fully saturated rings. The van der Waals surface area contributed by atoms with Gasteiger partial charge in [-0.3, -0.25) is 4.90 Å². The van der Waals surface area contributed by atoms with Crippen LogP contribution in [0.1, 0.15) is 27.9 Å². The van der Waals surface area contributed by atoms with Crippen LogP contribution in [-0.4, -0.2) is 53.6 Å². The molecule has 1 saturated heterocycles. The van der Waals surface area contributed by atoms with Gasteiger partial charge in [-0.1, -0.05) is 6.92 Å². The van der Waals surface area contributed by atoms with Crippen LogP contribution >= 0.6 is 11.3 Å². The van der Waals surface area contributed by atoms with Crippen LogP contribution in [0, 0.1) is 0 Å². The summed E-state index contributed by atoms with van der Waals surface area (Å²) in [7, 11) is 2.18. The van der Waals surface area contributed by atoms with Crippen molar-refractivity contribution in [2.75, 3.05) is 26.7 Å². The normalized spacial score (nSPS) is 22.2. The lowest BCUT2D eigenvalue weighted by Crippen LogP contribution is -2.50. The van der Waals surface area contributed by atoms with Crippen molar-refractivity contribution in [1.82, 2.24) is 9.80 Å². The summed E-state index contributed by atoms with van der Waals surface area (Å²) in [6.07, 6.45) is 1.16. The Balaban J connectivity index is 1.94. The molecule has 2 rings (SSSR count). The third kappa shape index (κ3) is 3.10. The maximum atomic E-state index is 10.8. The van der Waals surface area contributed by atoms with E-state index in [0.29, 0.717) is 10.9 Å². The van der Waals surface area contributed by atoms with Gasteiger partial charge in [-0.25, -0.2) is 4.79 Å². The number of thiophene rings is 1. The minimum absolute atomic E-state index is 0.436. The summed E-state index contributed by atoms with van der Waals surface area (Å²) >= 11 is 1.39. The lowest BCUT2D eigenvalue weighted by atomic mass is 10.1. The van der Waals surface area contributed by atoms with Crippen molar-refractivity contribution in [2.24, 2.45) is 0 Å². The monoisotopic (exact) mass is 268 g/mol. The quantitative estimate of drug-likeness (QED) is 0.907. The summed E-state index contributed by atoms with van der Waals surface area (Å²) in [4.78, 5) is 17.3. The van der Waals surface area contributed by atoms with E-state index in [0.717, 1.165) is 37.5 Å². The number of carboxylic acids is 1. The molecule has 1 unspecified atom stereocenters. The van der Waals surface area contributed by atoms with Gasteiger partial charge in [0, 0.05) is 37.1 Å². The van der Waals surface area contributed by atoms with Crippen molar-refractivity contribution in [1.29, 1.82) is 0 Å². The first-order valence-corrected chi connectivity index (χ1v) is 7.16. The van der Waals surface area contributed by atoms with Gasteiger partial charge >= 0.3 is 5.97 Å². The van der Waals surface area contributed by atoms with Crippen LogP contribution in [0.3, 0.4) is 0 Å². The van der Waals surface area contributed by atoms with Crippen molar-refractivity contribution in [2.45, 2.75) is 25.9 Å². The minimum atomic E-state index is -0.823. The van der Waals surface area contributed by atoms with Gasteiger partial charge in [-0.15, -0.1) is 11.3 Å². The highest BCUT2D eigenvalue weighted by molar-refractivity contribution is 7.13. The predicted molar refractivity (Wildman–Crippen MR) is 73.3 cm³/mol. The topological polar surface area (TPSA) is 43.8 Å². The number of carboxylic acid groups (broad SMARTS) is 1. The Morgan fingerprint density at radius 3 is 2.89 bits per heavy atom. The van der Waals surface area contributed by atoms with Gasteiger partial charge in [0.2, 0.25) is 0 Å². The molecule has 0 radical (unpaired) electrons. The molecule has 0 saturated carbocycles. The molecule has 4 nitrogen and oxygen atoms in total. The third-order valence-corrected chi connectivity index (χ3v) is 4.64. The van der Waals surface area contributed by atoms with Crippen LogP contribution < -0.4 is 0 Å². The number of rotatable bonds is 4. The van der Waals surface area contributed by atoms with E-state index in [1.165, 1.54) is 11.3 Å². The molecule has 2 heterocycles. The average molecular weight is 268 g/mol. The summed E-state index contributed by atoms with van der Waals surface area (Å²) in [5, 5.41) is 8.91. The number of likely N-dealkylation sites (N-methyl/N-ethyl adjacent to an activating group) is 1. The zero-order valence-corrected chi connectivity index (χ0v) is 11.7. The van der Waals surface area contributed by atoms with E-state index >= 15 is 0 Å². The number of carbonyl (C=O) groups is 1. The Bertz CT molecular complexity index is 419. The molecule has 0 spiro atoms. The summed E-state index contributed by atoms with van der Waals surface area (Å²) in [6, 6.07) is 4.26. The van der Waals surface area contributed by atoms with E-state index in [1.807, 2.05) is 6.07 Å². The third-order valence-electron chi connectivity index (χ3n) is 3.58. The molecule has 100 valence electrons. The minimum Gasteiger partial charge on any atom is -0.477 e. The van der Waals surface area contributed by atoms with Crippen LogP contribution in [-0.2, 0) is 6.54 Å². The molecular formula is C13H20N2O2S. The van der Waals surface area contributed by atoms with Crippen LogP contribution in [0.5, 0.6) is 0 Å². The smallest absolute Gasteiger partial charge is 0.345 e. The van der Waals surface area contributed by atoms with Crippen LogP contribution in [0.25, 0.3) is 0 Å². The van der Waals surface area contributed by atoms with Crippen molar-refractivity contribution >= 4 is 17.3 Å². The molecule has 1 aromatic heterocycles. The van der Waals surface area contributed by atoms with Crippen molar-refractivity contribution in [3.05, 3.63) is 21.9 Å². The predicted octanol–water partition coefficient (Wildman–Crippen LogP) is 1.97. The number of nitrogens with zero attached hydrogens (tertiary/aromatic N) is 2. The van der Waals surface area contributed by atoms with E-state index < -0.39 is 5.97 Å². The van der Waals surface area contributed by atoms with Crippen LogP contribution in [0.4, 0.5) is 0 Å². The van der Waals surface area contributed by atoms with Crippen molar-refractivity contribution < 1.29 is 9.90 Å². The molecule has 0 amide bonds. The summed E-state index contributed by atoms with van der Waals surface area (Å²) in [6.45, 7) is 6.33. The fourth-order valence-corrected chi connectivity index (χ4v) is 3.28. The highest BCUT2D eigenvalue weighted by Crippen LogP contribution is 2.20. The average Bonchev–Trinajstić information content (AvgIpc) is 2.80. The van der Waals surface area contributed by atoms with Crippen molar-refractivity contribution in [3.63, 3.8) is 0 Å². The van der Waals surface area contributed by atoms with E-state index in [4.69, 9.17) is 5.11 Å². The first-order chi connectivity index (χ1) is 8.60. The number of hydrogen-bond acceptors (Lipinski definition) is 4. The molecule has 5 heteroatoms. The highest BCUT2D eigenvalue weighted by atomic mass is 32.1. The molecular weight excluding hydrogens is 248 g/mol. The standard InChI is InChI=1S/C13H20N2O2S/c1-3-10-8-15(7-6-14(10)2)9-11-4-5-12(18-11)13(16)17/h4-5,10H,3,6-9H2,1-2H3,(H,16,17). The highest BCUT2D eigenvalue weighted by Gasteiger charge is 2.23. The van der Waals surface area contributed by atoms with Gasteiger partial charge in [-0.05, 0) is 25.6 Å². The number of hydrogen-bond donors (Lipinski definition) is 1. The Labute approximate surface area is 112 Å². The first kappa shape index (κ1) is 13.5. The number of aromatic carboxylic acids is 1. The van der Waals surface area contributed by atoms with Crippen LogP contribution in [0.15, 0.2) is 12.1 Å². The Morgan fingerprint density at radius 1 is 1.50 bits per heavy atom. The lowest BCUT2D eigenvalue weighted by molar-refractivity contribution is 0.0702. The fraction of sp³-hybridized carbons (Fsp3) is 0.615. The van der Waals surface area contributed by atoms with Gasteiger partial charge in [-0.2, -0.15) is 0 Å². The zero-order chi connectivity index (χ0) is 13.1. The summed E-state index contributed by atoms with van der Waals surface area (Å²) < 4.78 is 0. The van der Waals surface area contributed by atoms with Gasteiger partial charge in [0.1, 0.15) is 4.88 Å². The second kappa shape index (κ2) is 5.82. The first-order valence-electron chi connectivity index (χ1n) is 6.34. The molecule has 1 aliphatic rings.